The molecule has 0 aliphatic rings. The Morgan fingerprint density at radius 3 is 2.30 bits per heavy atom. The highest BCUT2D eigenvalue weighted by atomic mass is 32.2. The molecule has 0 radical (unpaired) electrons. The number of benzene rings is 2. The van der Waals surface area contributed by atoms with Crippen LogP contribution in [0.2, 0.25) is 0 Å². The molecule has 0 aliphatic heterocycles. The number of carbonyl (C=O) groups is 1. The topological polar surface area (TPSA) is 94.2 Å². The molecular formula is C21H26N2O6S. The normalized spacial score (nSPS) is 11.9. The molecule has 0 aliphatic carbocycles. The van der Waals surface area contributed by atoms with Crippen LogP contribution in [0, 0.1) is 0 Å². The summed E-state index contributed by atoms with van der Waals surface area (Å²) in [5, 5.41) is 2.72. The van der Waals surface area contributed by atoms with Crippen LogP contribution in [-0.2, 0) is 14.8 Å². The Bertz CT molecular complexity index is 989. The summed E-state index contributed by atoms with van der Waals surface area (Å²) in [6.07, 6.45) is 2.67. The number of anilines is 2. The van der Waals surface area contributed by atoms with Gasteiger partial charge in [0.15, 0.2) is 11.5 Å². The Labute approximate surface area is 177 Å². The number of carbonyl (C=O) groups excluding carboxylic acids is 1. The summed E-state index contributed by atoms with van der Waals surface area (Å²) in [5.41, 5.74) is 0.796. The maximum atomic E-state index is 12.8. The van der Waals surface area contributed by atoms with Crippen LogP contribution in [0.15, 0.2) is 55.1 Å². The lowest BCUT2D eigenvalue weighted by Gasteiger charge is -2.28. The minimum Gasteiger partial charge on any atom is -0.493 e. The molecule has 162 valence electrons. The molecule has 0 saturated carbocycles. The van der Waals surface area contributed by atoms with E-state index < -0.39 is 22.0 Å². The second-order valence-electron chi connectivity index (χ2n) is 6.39. The van der Waals surface area contributed by atoms with Crippen LogP contribution in [0.3, 0.4) is 0 Å². The SMILES string of the molecule is C=CCOc1ccc(NC(=O)[C@@H](C)N(c2ccc(OC)c(OC)c2)S(C)(=O)=O)cc1. The third-order valence-corrected chi connectivity index (χ3v) is 5.44. The fraction of sp³-hybridized carbons (Fsp3) is 0.286. The number of methoxy groups -OCH3 is 2. The molecule has 1 N–H and O–H groups in total. The van der Waals surface area contributed by atoms with E-state index in [0.29, 0.717) is 29.5 Å². The molecule has 0 saturated heterocycles. The first-order valence-corrected chi connectivity index (χ1v) is 10.9. The second kappa shape index (κ2) is 10.0. The molecular weight excluding hydrogens is 408 g/mol. The van der Waals surface area contributed by atoms with Crippen molar-refractivity contribution in [3.63, 3.8) is 0 Å². The fourth-order valence-corrected chi connectivity index (χ4v) is 3.97. The zero-order valence-electron chi connectivity index (χ0n) is 17.4. The predicted molar refractivity (Wildman–Crippen MR) is 117 cm³/mol. The van der Waals surface area contributed by atoms with E-state index >= 15 is 0 Å². The lowest BCUT2D eigenvalue weighted by atomic mass is 10.2. The number of nitrogens with one attached hydrogen (secondary N) is 1. The Kier molecular flexibility index (Phi) is 7.71. The van der Waals surface area contributed by atoms with Gasteiger partial charge < -0.3 is 19.5 Å². The average Bonchev–Trinajstić information content (AvgIpc) is 2.72. The standard InChI is InChI=1S/C21H26N2O6S/c1-6-13-29-18-10-7-16(8-11-18)22-21(24)15(2)23(30(5,25)26)17-9-12-19(27-3)20(14-17)28-4/h6-12,14-15H,1,13H2,2-5H3,(H,22,24)/t15-/m1/s1. The molecule has 0 aromatic heterocycles. The van der Waals surface area contributed by atoms with E-state index in [0.717, 1.165) is 10.6 Å². The largest absolute Gasteiger partial charge is 0.493 e. The molecule has 1 atom stereocenters. The highest BCUT2D eigenvalue weighted by Gasteiger charge is 2.30. The molecule has 0 fully saturated rings. The van der Waals surface area contributed by atoms with Gasteiger partial charge in [-0.05, 0) is 43.3 Å². The van der Waals surface area contributed by atoms with Crippen molar-refractivity contribution in [1.82, 2.24) is 0 Å². The molecule has 0 heterocycles. The summed E-state index contributed by atoms with van der Waals surface area (Å²) in [6, 6.07) is 10.4. The predicted octanol–water partition coefficient (Wildman–Crippen LogP) is 3.06. The molecule has 0 unspecified atom stereocenters. The number of rotatable bonds is 10. The minimum atomic E-state index is -3.77. The van der Waals surface area contributed by atoms with Crippen molar-refractivity contribution in [2.75, 3.05) is 36.7 Å². The van der Waals surface area contributed by atoms with Crippen LogP contribution >= 0.6 is 0 Å². The summed E-state index contributed by atoms with van der Waals surface area (Å²) in [7, 11) is -0.838. The van der Waals surface area contributed by atoms with E-state index in [9.17, 15) is 13.2 Å². The van der Waals surface area contributed by atoms with Gasteiger partial charge in [0.05, 0.1) is 26.2 Å². The summed E-state index contributed by atoms with van der Waals surface area (Å²) in [5.74, 6) is 0.941. The molecule has 9 heteroatoms. The molecule has 2 aromatic carbocycles. The van der Waals surface area contributed by atoms with Gasteiger partial charge in [-0.1, -0.05) is 12.7 Å². The van der Waals surface area contributed by atoms with Crippen LogP contribution in [-0.4, -0.2) is 47.4 Å². The Morgan fingerprint density at radius 1 is 1.13 bits per heavy atom. The molecule has 1 amide bonds. The molecule has 0 bridgehead atoms. The van der Waals surface area contributed by atoms with Gasteiger partial charge in [0.25, 0.3) is 0 Å². The molecule has 2 rings (SSSR count). The third-order valence-electron chi connectivity index (χ3n) is 4.20. The summed E-state index contributed by atoms with van der Waals surface area (Å²) < 4.78 is 41.8. The number of nitrogens with zero attached hydrogens (tertiary/aromatic N) is 1. The Morgan fingerprint density at radius 2 is 1.77 bits per heavy atom. The average molecular weight is 435 g/mol. The van der Waals surface area contributed by atoms with E-state index in [1.54, 1.807) is 42.5 Å². The van der Waals surface area contributed by atoms with Gasteiger partial charge in [0.1, 0.15) is 18.4 Å². The first-order chi connectivity index (χ1) is 14.2. The lowest BCUT2D eigenvalue weighted by molar-refractivity contribution is -0.116. The van der Waals surface area contributed by atoms with Gasteiger partial charge >= 0.3 is 0 Å². The van der Waals surface area contributed by atoms with Crippen LogP contribution in [0.4, 0.5) is 11.4 Å². The molecule has 2 aromatic rings. The number of hydrogen-bond acceptors (Lipinski definition) is 6. The lowest BCUT2D eigenvalue weighted by Crippen LogP contribution is -2.45. The summed E-state index contributed by atoms with van der Waals surface area (Å²) >= 11 is 0. The van der Waals surface area contributed by atoms with E-state index in [1.165, 1.54) is 27.2 Å². The highest BCUT2D eigenvalue weighted by molar-refractivity contribution is 7.92. The first kappa shape index (κ1) is 23.1. The maximum Gasteiger partial charge on any atom is 0.247 e. The van der Waals surface area contributed by atoms with Gasteiger partial charge in [-0.3, -0.25) is 9.10 Å². The number of hydrogen-bond donors (Lipinski definition) is 1. The molecule has 0 spiro atoms. The van der Waals surface area contributed by atoms with Crippen molar-refractivity contribution in [2.24, 2.45) is 0 Å². The monoisotopic (exact) mass is 434 g/mol. The van der Waals surface area contributed by atoms with Crippen molar-refractivity contribution < 1.29 is 27.4 Å². The van der Waals surface area contributed by atoms with Gasteiger partial charge in [0, 0.05) is 11.8 Å². The third kappa shape index (κ3) is 5.66. The van der Waals surface area contributed by atoms with Crippen molar-refractivity contribution in [3.8, 4) is 17.2 Å². The van der Waals surface area contributed by atoms with Crippen LogP contribution in [0.25, 0.3) is 0 Å². The summed E-state index contributed by atoms with van der Waals surface area (Å²) in [4.78, 5) is 12.8. The Balaban J connectivity index is 2.26. The number of ether oxygens (including phenoxy) is 3. The number of sulfonamides is 1. The second-order valence-corrected chi connectivity index (χ2v) is 8.25. The molecule has 8 nitrogen and oxygen atoms in total. The smallest absolute Gasteiger partial charge is 0.247 e. The van der Waals surface area contributed by atoms with Crippen molar-refractivity contribution in [1.29, 1.82) is 0 Å². The van der Waals surface area contributed by atoms with Gasteiger partial charge in [-0.15, -0.1) is 0 Å². The van der Waals surface area contributed by atoms with Crippen molar-refractivity contribution in [3.05, 3.63) is 55.1 Å². The summed E-state index contributed by atoms with van der Waals surface area (Å²) in [6.45, 7) is 5.46. The van der Waals surface area contributed by atoms with Crippen molar-refractivity contribution >= 4 is 27.3 Å². The maximum absolute atomic E-state index is 12.8. The van der Waals surface area contributed by atoms with E-state index in [2.05, 4.69) is 11.9 Å². The van der Waals surface area contributed by atoms with Crippen LogP contribution in [0.5, 0.6) is 17.2 Å². The Hall–Kier alpha value is -3.20. The van der Waals surface area contributed by atoms with E-state index in [-0.39, 0.29) is 5.69 Å². The minimum absolute atomic E-state index is 0.283. The van der Waals surface area contributed by atoms with Gasteiger partial charge in [-0.2, -0.15) is 0 Å². The first-order valence-electron chi connectivity index (χ1n) is 9.07. The van der Waals surface area contributed by atoms with Gasteiger partial charge in [0.2, 0.25) is 15.9 Å². The highest BCUT2D eigenvalue weighted by Crippen LogP contribution is 2.33. The quantitative estimate of drug-likeness (QED) is 0.578. The van der Waals surface area contributed by atoms with Gasteiger partial charge in [-0.25, -0.2) is 8.42 Å². The zero-order chi connectivity index (χ0) is 22.3. The van der Waals surface area contributed by atoms with Crippen molar-refractivity contribution in [2.45, 2.75) is 13.0 Å². The number of amides is 1. The van der Waals surface area contributed by atoms with Crippen LogP contribution in [0.1, 0.15) is 6.92 Å². The van der Waals surface area contributed by atoms with E-state index in [4.69, 9.17) is 14.2 Å². The van der Waals surface area contributed by atoms with E-state index in [1.807, 2.05) is 0 Å². The fourth-order valence-electron chi connectivity index (χ4n) is 2.81. The van der Waals surface area contributed by atoms with Crippen LogP contribution < -0.4 is 23.8 Å². The zero-order valence-corrected chi connectivity index (χ0v) is 18.2. The molecule has 30 heavy (non-hydrogen) atoms.